The molecule has 7 heteroatoms. The number of carbonyl (C=O) groups is 1. The molecule has 0 heterocycles. The number of halogens is 1. The lowest BCUT2D eigenvalue weighted by Gasteiger charge is -2.08. The summed E-state index contributed by atoms with van der Waals surface area (Å²) in [5.41, 5.74) is 0. The molecule has 0 fully saturated rings. The van der Waals surface area contributed by atoms with Crippen molar-refractivity contribution in [2.24, 2.45) is 0 Å². The third-order valence-electron chi connectivity index (χ3n) is 1.77. The molecule has 1 aromatic rings. The van der Waals surface area contributed by atoms with Crippen molar-refractivity contribution in [2.45, 2.75) is 4.90 Å². The molecule has 0 aromatic heterocycles. The molecule has 0 aliphatic rings. The zero-order valence-corrected chi connectivity index (χ0v) is 10.7. The van der Waals surface area contributed by atoms with E-state index in [1.54, 1.807) is 6.07 Å². The number of carboxylic acids is 1. The third-order valence-corrected chi connectivity index (χ3v) is 3.88. The number of sulfone groups is 1. The fourth-order valence-electron chi connectivity index (χ4n) is 1.13. The number of aliphatic carboxylic acids is 1. The van der Waals surface area contributed by atoms with Crippen LogP contribution in [0.1, 0.15) is 0 Å². The van der Waals surface area contributed by atoms with Crippen molar-refractivity contribution >= 4 is 31.7 Å². The summed E-state index contributed by atoms with van der Waals surface area (Å²) in [5, 5.41) is 8.51. The van der Waals surface area contributed by atoms with Gasteiger partial charge in [0.2, 0.25) is 0 Å². The van der Waals surface area contributed by atoms with Gasteiger partial charge >= 0.3 is 5.97 Å². The van der Waals surface area contributed by atoms with Crippen LogP contribution in [0.5, 0.6) is 5.75 Å². The highest BCUT2D eigenvalue weighted by molar-refractivity contribution is 9.10. The topological polar surface area (TPSA) is 80.7 Å². The van der Waals surface area contributed by atoms with Gasteiger partial charge in [0.15, 0.2) is 15.6 Å². The molecule has 0 atom stereocenters. The Kier molecular flexibility index (Phi) is 3.93. The minimum absolute atomic E-state index is 0.129. The lowest BCUT2D eigenvalue weighted by atomic mass is 10.3. The molecule has 88 valence electrons. The molecular weight excluding hydrogens is 300 g/mol. The Bertz CT molecular complexity index is 509. The Morgan fingerprint density at radius 1 is 1.50 bits per heavy atom. The summed E-state index contributed by atoms with van der Waals surface area (Å²) in [6.07, 6.45) is 0. The number of rotatable bonds is 4. The van der Waals surface area contributed by atoms with Crippen molar-refractivity contribution in [3.63, 3.8) is 0 Å². The maximum atomic E-state index is 11.7. The van der Waals surface area contributed by atoms with Gasteiger partial charge in [-0.25, -0.2) is 8.42 Å². The second-order valence-electron chi connectivity index (χ2n) is 2.95. The highest BCUT2D eigenvalue weighted by Crippen LogP contribution is 2.27. The van der Waals surface area contributed by atoms with E-state index in [0.29, 0.717) is 4.47 Å². The zero-order valence-electron chi connectivity index (χ0n) is 8.31. The van der Waals surface area contributed by atoms with Gasteiger partial charge in [-0.05, 0) is 18.2 Å². The molecule has 0 saturated carbocycles. The average molecular weight is 309 g/mol. The molecular formula is C9H9BrO5S. The fourth-order valence-corrected chi connectivity index (χ4v) is 2.89. The average Bonchev–Trinajstić information content (AvgIpc) is 2.15. The van der Waals surface area contributed by atoms with Crippen LogP contribution in [0.3, 0.4) is 0 Å². The molecule has 0 aliphatic carbocycles. The molecule has 1 aromatic carbocycles. The molecule has 0 spiro atoms. The van der Waals surface area contributed by atoms with E-state index in [9.17, 15) is 13.2 Å². The van der Waals surface area contributed by atoms with Gasteiger partial charge in [-0.2, -0.15) is 0 Å². The van der Waals surface area contributed by atoms with Crippen LogP contribution in [0.2, 0.25) is 0 Å². The maximum absolute atomic E-state index is 11.7. The Morgan fingerprint density at radius 2 is 2.12 bits per heavy atom. The molecule has 0 bridgehead atoms. The zero-order chi connectivity index (χ0) is 12.3. The van der Waals surface area contributed by atoms with Crippen LogP contribution in [-0.4, -0.2) is 32.4 Å². The number of ether oxygens (including phenoxy) is 1. The number of hydrogen-bond acceptors (Lipinski definition) is 4. The molecule has 0 radical (unpaired) electrons. The van der Waals surface area contributed by atoms with Gasteiger partial charge in [-0.1, -0.05) is 15.9 Å². The Balaban J connectivity index is 3.31. The standard InChI is InChI=1S/C9H9BrO5S/c1-15-7-3-2-6(10)4-8(7)16(13,14)5-9(11)12/h2-4H,5H2,1H3,(H,11,12). The number of benzene rings is 1. The van der Waals surface area contributed by atoms with Crippen LogP contribution < -0.4 is 4.74 Å². The highest BCUT2D eigenvalue weighted by atomic mass is 79.9. The van der Waals surface area contributed by atoms with Crippen molar-refractivity contribution in [1.29, 1.82) is 0 Å². The summed E-state index contributed by atoms with van der Waals surface area (Å²) < 4.78 is 28.8. The predicted octanol–water partition coefficient (Wildman–Crippen LogP) is 1.32. The van der Waals surface area contributed by atoms with Gasteiger partial charge < -0.3 is 9.84 Å². The first-order valence-corrected chi connectivity index (χ1v) is 6.59. The van der Waals surface area contributed by atoms with E-state index in [4.69, 9.17) is 9.84 Å². The molecule has 16 heavy (non-hydrogen) atoms. The number of carboxylic acid groups (broad SMARTS) is 1. The summed E-state index contributed by atoms with van der Waals surface area (Å²) in [4.78, 5) is 10.3. The van der Waals surface area contributed by atoms with Crippen LogP contribution in [0.15, 0.2) is 27.6 Å². The van der Waals surface area contributed by atoms with E-state index in [0.717, 1.165) is 0 Å². The predicted molar refractivity (Wildman–Crippen MR) is 60.4 cm³/mol. The van der Waals surface area contributed by atoms with Crippen LogP contribution in [0.4, 0.5) is 0 Å². The molecule has 0 aliphatic heterocycles. The van der Waals surface area contributed by atoms with E-state index < -0.39 is 21.6 Å². The van der Waals surface area contributed by atoms with E-state index >= 15 is 0 Å². The first-order chi connectivity index (χ1) is 7.36. The van der Waals surface area contributed by atoms with Gasteiger partial charge in [-0.3, -0.25) is 4.79 Å². The normalized spacial score (nSPS) is 11.1. The van der Waals surface area contributed by atoms with Gasteiger partial charge in [0.25, 0.3) is 0 Å². The second-order valence-corrected chi connectivity index (χ2v) is 5.82. The monoisotopic (exact) mass is 308 g/mol. The Morgan fingerprint density at radius 3 is 2.62 bits per heavy atom. The van der Waals surface area contributed by atoms with Crippen molar-refractivity contribution in [1.82, 2.24) is 0 Å². The van der Waals surface area contributed by atoms with E-state index in [-0.39, 0.29) is 10.6 Å². The van der Waals surface area contributed by atoms with Gasteiger partial charge in [0.1, 0.15) is 10.6 Å². The lowest BCUT2D eigenvalue weighted by molar-refractivity contribution is -0.134. The largest absolute Gasteiger partial charge is 0.495 e. The molecule has 0 saturated heterocycles. The summed E-state index contributed by atoms with van der Waals surface area (Å²) in [6, 6.07) is 4.38. The van der Waals surface area contributed by atoms with Crippen molar-refractivity contribution in [3.05, 3.63) is 22.7 Å². The van der Waals surface area contributed by atoms with E-state index in [1.165, 1.54) is 19.2 Å². The molecule has 1 rings (SSSR count). The minimum Gasteiger partial charge on any atom is -0.495 e. The summed E-state index contributed by atoms with van der Waals surface area (Å²) in [7, 11) is -2.56. The smallest absolute Gasteiger partial charge is 0.319 e. The first-order valence-electron chi connectivity index (χ1n) is 4.15. The van der Waals surface area contributed by atoms with Gasteiger partial charge in [0.05, 0.1) is 7.11 Å². The summed E-state index contributed by atoms with van der Waals surface area (Å²) in [5.74, 6) is -2.23. The maximum Gasteiger partial charge on any atom is 0.319 e. The molecule has 5 nitrogen and oxygen atoms in total. The SMILES string of the molecule is COc1ccc(Br)cc1S(=O)(=O)CC(=O)O. The summed E-state index contributed by atoms with van der Waals surface area (Å²) >= 11 is 3.12. The van der Waals surface area contributed by atoms with Crippen LogP contribution in [0.25, 0.3) is 0 Å². The minimum atomic E-state index is -3.88. The van der Waals surface area contributed by atoms with Crippen molar-refractivity contribution in [2.75, 3.05) is 12.9 Å². The van der Waals surface area contributed by atoms with Crippen LogP contribution >= 0.6 is 15.9 Å². The van der Waals surface area contributed by atoms with Crippen LogP contribution in [0, 0.1) is 0 Å². The number of hydrogen-bond donors (Lipinski definition) is 1. The van der Waals surface area contributed by atoms with Crippen molar-refractivity contribution in [3.8, 4) is 5.75 Å². The van der Waals surface area contributed by atoms with Gasteiger partial charge in [-0.15, -0.1) is 0 Å². The van der Waals surface area contributed by atoms with Crippen molar-refractivity contribution < 1.29 is 23.1 Å². The Labute approximate surface area is 101 Å². The first kappa shape index (κ1) is 13.0. The molecule has 1 N–H and O–H groups in total. The third kappa shape index (κ3) is 2.96. The van der Waals surface area contributed by atoms with Crippen LogP contribution in [-0.2, 0) is 14.6 Å². The fraction of sp³-hybridized carbons (Fsp3) is 0.222. The molecule has 0 unspecified atom stereocenters. The number of methoxy groups -OCH3 is 1. The second kappa shape index (κ2) is 4.84. The Hall–Kier alpha value is -1.08. The lowest BCUT2D eigenvalue weighted by Crippen LogP contribution is -2.16. The van der Waals surface area contributed by atoms with E-state index in [2.05, 4.69) is 15.9 Å². The molecule has 0 amide bonds. The quantitative estimate of drug-likeness (QED) is 0.907. The van der Waals surface area contributed by atoms with E-state index in [1.807, 2.05) is 0 Å². The van der Waals surface area contributed by atoms with Gasteiger partial charge in [0, 0.05) is 4.47 Å². The highest BCUT2D eigenvalue weighted by Gasteiger charge is 2.23. The summed E-state index contributed by atoms with van der Waals surface area (Å²) in [6.45, 7) is 0.